The molecule has 2 aromatic rings. The molecule has 1 saturated heterocycles. The first-order chi connectivity index (χ1) is 19.0. The van der Waals surface area contributed by atoms with Crippen LogP contribution < -0.4 is 4.74 Å². The van der Waals surface area contributed by atoms with E-state index in [1.807, 2.05) is 0 Å². The average Bonchev–Trinajstić information content (AvgIpc) is 2.93. The summed E-state index contributed by atoms with van der Waals surface area (Å²) in [6.07, 6.45) is -1.65. The maximum absolute atomic E-state index is 15.1. The molecule has 0 spiro atoms. The standard InChI is InChI=1S/C31H36F6O3/c1-19-17-38-29(39-18-19)23-4-2-20(3-5-23)21-6-11-25(12-7-21)31(36,37)40-26-13-8-22(9-14-26)24-10-15-27(28(32)16-24)30(33,34)35/h8-10,13-16,19-21,23,25,29H,2-7,11-12,17-18H2,1H3. The summed E-state index contributed by atoms with van der Waals surface area (Å²) >= 11 is 0. The Morgan fingerprint density at radius 2 is 1.23 bits per heavy atom. The van der Waals surface area contributed by atoms with Crippen molar-refractivity contribution in [2.45, 2.75) is 76.9 Å². The second-order valence-electron chi connectivity index (χ2n) is 11.8. The van der Waals surface area contributed by atoms with Gasteiger partial charge in [0.25, 0.3) is 0 Å². The molecule has 0 amide bonds. The van der Waals surface area contributed by atoms with Gasteiger partial charge < -0.3 is 14.2 Å². The quantitative estimate of drug-likeness (QED) is 0.324. The number of benzene rings is 2. The maximum Gasteiger partial charge on any atom is 0.419 e. The number of hydrogen-bond donors (Lipinski definition) is 0. The van der Waals surface area contributed by atoms with Crippen LogP contribution in [0.25, 0.3) is 11.1 Å². The molecule has 40 heavy (non-hydrogen) atoms. The summed E-state index contributed by atoms with van der Waals surface area (Å²) in [5.41, 5.74) is -0.740. The summed E-state index contributed by atoms with van der Waals surface area (Å²) < 4.78 is 99.4. The highest BCUT2D eigenvalue weighted by Crippen LogP contribution is 2.46. The Labute approximate surface area is 231 Å². The van der Waals surface area contributed by atoms with Gasteiger partial charge in [-0.15, -0.1) is 0 Å². The van der Waals surface area contributed by atoms with Crippen molar-refractivity contribution < 1.29 is 40.6 Å². The minimum Gasteiger partial charge on any atom is -0.432 e. The molecule has 3 fully saturated rings. The fourth-order valence-corrected chi connectivity index (χ4v) is 6.58. The summed E-state index contributed by atoms with van der Waals surface area (Å²) in [4.78, 5) is 0. The van der Waals surface area contributed by atoms with E-state index in [0.29, 0.717) is 48.1 Å². The van der Waals surface area contributed by atoms with Crippen LogP contribution >= 0.6 is 0 Å². The lowest BCUT2D eigenvalue weighted by Gasteiger charge is -2.41. The molecule has 220 valence electrons. The van der Waals surface area contributed by atoms with Gasteiger partial charge in [-0.25, -0.2) is 4.39 Å². The first-order valence-corrected chi connectivity index (χ1v) is 14.3. The number of hydrogen-bond acceptors (Lipinski definition) is 3. The molecule has 0 aromatic heterocycles. The highest BCUT2D eigenvalue weighted by molar-refractivity contribution is 5.64. The maximum atomic E-state index is 15.1. The van der Waals surface area contributed by atoms with Crippen LogP contribution in [0.15, 0.2) is 42.5 Å². The number of halogens is 6. The summed E-state index contributed by atoms with van der Waals surface area (Å²) in [6, 6.07) is 8.16. The van der Waals surface area contributed by atoms with Gasteiger partial charge in [0, 0.05) is 11.8 Å². The number of rotatable bonds is 6. The van der Waals surface area contributed by atoms with E-state index in [4.69, 9.17) is 14.2 Å². The van der Waals surface area contributed by atoms with E-state index in [0.717, 1.165) is 63.9 Å². The summed E-state index contributed by atoms with van der Waals surface area (Å²) in [5.74, 6) is -0.452. The summed E-state index contributed by atoms with van der Waals surface area (Å²) in [7, 11) is 0. The smallest absolute Gasteiger partial charge is 0.419 e. The highest BCUT2D eigenvalue weighted by Gasteiger charge is 2.45. The number of ether oxygens (including phenoxy) is 3. The van der Waals surface area contributed by atoms with E-state index in [9.17, 15) is 17.6 Å². The van der Waals surface area contributed by atoms with Gasteiger partial charge >= 0.3 is 12.3 Å². The Kier molecular flexibility index (Phi) is 8.72. The van der Waals surface area contributed by atoms with Crippen molar-refractivity contribution in [1.82, 2.24) is 0 Å². The Balaban J connectivity index is 1.10. The van der Waals surface area contributed by atoms with Gasteiger partial charge in [0.1, 0.15) is 11.6 Å². The van der Waals surface area contributed by atoms with Gasteiger partial charge in [-0.3, -0.25) is 0 Å². The van der Waals surface area contributed by atoms with Crippen LogP contribution in [0.5, 0.6) is 5.75 Å². The molecule has 2 aliphatic carbocycles. The van der Waals surface area contributed by atoms with Crippen LogP contribution in [0.3, 0.4) is 0 Å². The molecule has 0 radical (unpaired) electrons. The third kappa shape index (κ3) is 6.78. The zero-order valence-electron chi connectivity index (χ0n) is 22.6. The van der Waals surface area contributed by atoms with Crippen molar-refractivity contribution in [2.75, 3.05) is 13.2 Å². The van der Waals surface area contributed by atoms with Crippen LogP contribution in [0.1, 0.15) is 63.9 Å². The van der Waals surface area contributed by atoms with Gasteiger partial charge in [0.05, 0.1) is 24.7 Å². The monoisotopic (exact) mass is 570 g/mol. The summed E-state index contributed by atoms with van der Waals surface area (Å²) in [5, 5.41) is 0. The molecule has 3 nitrogen and oxygen atoms in total. The third-order valence-electron chi connectivity index (χ3n) is 8.92. The molecule has 9 heteroatoms. The van der Waals surface area contributed by atoms with Gasteiger partial charge in [-0.1, -0.05) is 25.1 Å². The number of alkyl halides is 5. The van der Waals surface area contributed by atoms with Crippen molar-refractivity contribution in [2.24, 2.45) is 29.6 Å². The molecule has 0 atom stereocenters. The lowest BCUT2D eigenvalue weighted by atomic mass is 9.69. The van der Waals surface area contributed by atoms with Crippen LogP contribution in [-0.4, -0.2) is 25.6 Å². The van der Waals surface area contributed by atoms with E-state index in [2.05, 4.69) is 6.92 Å². The van der Waals surface area contributed by atoms with Crippen LogP contribution in [0, 0.1) is 35.4 Å². The minimum atomic E-state index is -4.79. The van der Waals surface area contributed by atoms with Crippen molar-refractivity contribution in [1.29, 1.82) is 0 Å². The molecule has 1 aliphatic heterocycles. The molecule has 1 heterocycles. The topological polar surface area (TPSA) is 27.7 Å². The van der Waals surface area contributed by atoms with E-state index in [1.54, 1.807) is 0 Å². The Bertz CT molecular complexity index is 1110. The lowest BCUT2D eigenvalue weighted by Crippen LogP contribution is -2.40. The van der Waals surface area contributed by atoms with Crippen LogP contribution in [-0.2, 0) is 15.7 Å². The van der Waals surface area contributed by atoms with E-state index >= 15 is 8.78 Å². The molecule has 2 aromatic carbocycles. The molecule has 0 unspecified atom stereocenters. The van der Waals surface area contributed by atoms with Crippen molar-refractivity contribution in [3.8, 4) is 16.9 Å². The first-order valence-electron chi connectivity index (χ1n) is 14.3. The second kappa shape index (κ2) is 11.9. The zero-order valence-corrected chi connectivity index (χ0v) is 22.6. The van der Waals surface area contributed by atoms with Gasteiger partial charge in [-0.2, -0.15) is 22.0 Å². The Morgan fingerprint density at radius 1 is 0.700 bits per heavy atom. The molecule has 5 rings (SSSR count). The van der Waals surface area contributed by atoms with Crippen molar-refractivity contribution in [3.63, 3.8) is 0 Å². The molecule has 0 N–H and O–H groups in total. The SMILES string of the molecule is CC1COC(C2CCC(C3CCC(C(F)(F)Oc4ccc(-c5ccc(C(F)(F)F)c(F)c5)cc4)CC3)CC2)OC1. The molecule has 2 saturated carbocycles. The fraction of sp³-hybridized carbons (Fsp3) is 0.613. The third-order valence-corrected chi connectivity index (χ3v) is 8.92. The highest BCUT2D eigenvalue weighted by atomic mass is 19.4. The van der Waals surface area contributed by atoms with E-state index in [1.165, 1.54) is 24.3 Å². The van der Waals surface area contributed by atoms with E-state index in [-0.39, 0.29) is 17.6 Å². The predicted molar refractivity (Wildman–Crippen MR) is 138 cm³/mol. The molecule has 0 bridgehead atoms. The van der Waals surface area contributed by atoms with Crippen molar-refractivity contribution >= 4 is 0 Å². The first kappa shape index (κ1) is 29.2. The second-order valence-corrected chi connectivity index (χ2v) is 11.8. The van der Waals surface area contributed by atoms with Gasteiger partial charge in [-0.05, 0) is 98.6 Å². The van der Waals surface area contributed by atoms with Gasteiger partial charge in [0.2, 0.25) is 0 Å². The normalized spacial score (nSPS) is 30.2. The van der Waals surface area contributed by atoms with Crippen LogP contribution in [0.2, 0.25) is 0 Å². The van der Waals surface area contributed by atoms with Gasteiger partial charge in [0.15, 0.2) is 6.29 Å². The lowest BCUT2D eigenvalue weighted by molar-refractivity contribution is -0.229. The van der Waals surface area contributed by atoms with Crippen molar-refractivity contribution in [3.05, 3.63) is 53.8 Å². The average molecular weight is 571 g/mol. The van der Waals surface area contributed by atoms with E-state index < -0.39 is 29.6 Å². The Hall–Kier alpha value is -2.26. The summed E-state index contributed by atoms with van der Waals surface area (Å²) in [6.45, 7) is 3.60. The minimum absolute atomic E-state index is 0.0388. The molecular weight excluding hydrogens is 534 g/mol. The largest absolute Gasteiger partial charge is 0.432 e. The Morgan fingerprint density at radius 3 is 1.77 bits per heavy atom. The fourth-order valence-electron chi connectivity index (χ4n) is 6.58. The van der Waals surface area contributed by atoms with Crippen LogP contribution in [0.4, 0.5) is 26.3 Å². The molecule has 3 aliphatic rings. The predicted octanol–water partition coefficient (Wildman–Crippen LogP) is 9.10. The molecular formula is C31H36F6O3. The zero-order chi connectivity index (χ0) is 28.5.